The van der Waals surface area contributed by atoms with Crippen LogP contribution in [-0.4, -0.2) is 12.3 Å². The van der Waals surface area contributed by atoms with Crippen LogP contribution in [0.2, 0.25) is 0 Å². The zero-order chi connectivity index (χ0) is 14.7. The Morgan fingerprint density at radius 3 is 2.30 bits per heavy atom. The number of carbonyl (C=O) groups is 2. The Bertz CT molecular complexity index is 654. The molecule has 0 aliphatic heterocycles. The summed E-state index contributed by atoms with van der Waals surface area (Å²) >= 11 is 3.32. The van der Waals surface area contributed by atoms with Crippen LogP contribution in [0.4, 0.5) is 0 Å². The zero-order valence-electron chi connectivity index (χ0n) is 11.1. The maximum Gasteiger partial charge on any atom is 0.344 e. The van der Waals surface area contributed by atoms with Gasteiger partial charge in [-0.2, -0.15) is 0 Å². The maximum absolute atomic E-state index is 12.2. The molecule has 0 heterocycles. The summed E-state index contributed by atoms with van der Waals surface area (Å²) in [6, 6.07) is 10.5. The predicted octanol–water partition coefficient (Wildman–Crippen LogP) is 4.10. The molecule has 3 nitrogen and oxygen atoms in total. The molecule has 0 aromatic heterocycles. The molecule has 4 heteroatoms. The fraction of sp³-hybridized carbons (Fsp3) is 0.125. The molecule has 0 unspecified atom stereocenters. The minimum absolute atomic E-state index is 0.428. The largest absolute Gasteiger partial charge is 0.422 e. The van der Waals surface area contributed by atoms with E-state index in [0.717, 1.165) is 17.4 Å². The Balaban J connectivity index is 2.33. The second kappa shape index (κ2) is 6.01. The number of rotatable bonds is 3. The van der Waals surface area contributed by atoms with E-state index in [0.29, 0.717) is 21.3 Å². The summed E-state index contributed by atoms with van der Waals surface area (Å²) in [5.74, 6) is 0.0684. The normalized spacial score (nSPS) is 10.2. The van der Waals surface area contributed by atoms with Gasteiger partial charge in [0.1, 0.15) is 12.0 Å². The molecule has 2 aromatic rings. The molecule has 0 N–H and O–H groups in total. The van der Waals surface area contributed by atoms with E-state index in [4.69, 9.17) is 4.74 Å². The third-order valence-electron chi connectivity index (χ3n) is 2.91. The maximum atomic E-state index is 12.2. The van der Waals surface area contributed by atoms with E-state index < -0.39 is 5.97 Å². The smallest absolute Gasteiger partial charge is 0.344 e. The van der Waals surface area contributed by atoms with Crippen molar-refractivity contribution in [3.63, 3.8) is 0 Å². The highest BCUT2D eigenvalue weighted by molar-refractivity contribution is 9.10. The molecule has 0 spiro atoms. The van der Waals surface area contributed by atoms with E-state index in [9.17, 15) is 9.59 Å². The van der Waals surface area contributed by atoms with E-state index in [1.54, 1.807) is 30.3 Å². The summed E-state index contributed by atoms with van der Waals surface area (Å²) in [5.41, 5.74) is 2.55. The van der Waals surface area contributed by atoms with E-state index in [2.05, 4.69) is 15.9 Å². The second-order valence-corrected chi connectivity index (χ2v) is 5.33. The molecule has 0 saturated carbocycles. The average molecular weight is 333 g/mol. The molecule has 0 bridgehead atoms. The lowest BCUT2D eigenvalue weighted by molar-refractivity contribution is 0.0731. The number of aldehydes is 1. The first-order valence-electron chi connectivity index (χ1n) is 6.06. The van der Waals surface area contributed by atoms with Gasteiger partial charge in [-0.1, -0.05) is 12.1 Å². The zero-order valence-corrected chi connectivity index (χ0v) is 12.7. The highest BCUT2D eigenvalue weighted by Crippen LogP contribution is 2.26. The Kier molecular flexibility index (Phi) is 4.35. The minimum Gasteiger partial charge on any atom is -0.422 e. The van der Waals surface area contributed by atoms with Crippen molar-refractivity contribution >= 4 is 28.2 Å². The van der Waals surface area contributed by atoms with Gasteiger partial charge in [0, 0.05) is 10.0 Å². The predicted molar refractivity (Wildman–Crippen MR) is 80.4 cm³/mol. The number of carbonyl (C=O) groups excluding carboxylic acids is 2. The summed E-state index contributed by atoms with van der Waals surface area (Å²) in [6.07, 6.45) is 0.777. The molecule has 2 aromatic carbocycles. The van der Waals surface area contributed by atoms with Gasteiger partial charge < -0.3 is 4.74 Å². The quantitative estimate of drug-likeness (QED) is 0.483. The SMILES string of the molecule is Cc1cc(C=O)cc(C)c1OC(=O)c1ccccc1Br. The number of hydrogen-bond acceptors (Lipinski definition) is 3. The number of ether oxygens (including phenoxy) is 1. The number of benzene rings is 2. The molecule has 0 fully saturated rings. The molecule has 0 aliphatic rings. The summed E-state index contributed by atoms with van der Waals surface area (Å²) in [6.45, 7) is 3.62. The van der Waals surface area contributed by atoms with Crippen LogP contribution >= 0.6 is 15.9 Å². The lowest BCUT2D eigenvalue weighted by Gasteiger charge is -2.11. The van der Waals surface area contributed by atoms with Crippen molar-refractivity contribution in [1.82, 2.24) is 0 Å². The van der Waals surface area contributed by atoms with Crippen LogP contribution in [0.25, 0.3) is 0 Å². The standard InChI is InChI=1S/C16H13BrO3/c1-10-7-12(9-18)8-11(2)15(10)20-16(19)13-5-3-4-6-14(13)17/h3-9H,1-2H3. The van der Waals surface area contributed by atoms with Gasteiger partial charge in [-0.25, -0.2) is 4.79 Å². The van der Waals surface area contributed by atoms with E-state index in [-0.39, 0.29) is 0 Å². The molecule has 0 atom stereocenters. The van der Waals surface area contributed by atoms with Crippen LogP contribution < -0.4 is 4.74 Å². The van der Waals surface area contributed by atoms with Crippen molar-refractivity contribution in [2.24, 2.45) is 0 Å². The first kappa shape index (κ1) is 14.5. The Hall–Kier alpha value is -1.94. The van der Waals surface area contributed by atoms with Crippen molar-refractivity contribution < 1.29 is 14.3 Å². The monoisotopic (exact) mass is 332 g/mol. The van der Waals surface area contributed by atoms with Gasteiger partial charge in [0.2, 0.25) is 0 Å². The van der Waals surface area contributed by atoms with Gasteiger partial charge >= 0.3 is 5.97 Å². The molecule has 102 valence electrons. The van der Waals surface area contributed by atoms with Crippen molar-refractivity contribution in [3.8, 4) is 5.75 Å². The molecular formula is C16H13BrO3. The fourth-order valence-electron chi connectivity index (χ4n) is 1.99. The average Bonchev–Trinajstić information content (AvgIpc) is 2.42. The Morgan fingerprint density at radius 2 is 1.75 bits per heavy atom. The third-order valence-corrected chi connectivity index (χ3v) is 3.60. The van der Waals surface area contributed by atoms with E-state index in [1.165, 1.54) is 0 Å². The van der Waals surface area contributed by atoms with Crippen molar-refractivity contribution in [3.05, 3.63) is 63.1 Å². The van der Waals surface area contributed by atoms with Crippen LogP contribution in [0.1, 0.15) is 31.8 Å². The number of esters is 1. The van der Waals surface area contributed by atoms with E-state index >= 15 is 0 Å². The van der Waals surface area contributed by atoms with Gasteiger partial charge in [-0.3, -0.25) is 4.79 Å². The van der Waals surface area contributed by atoms with Crippen LogP contribution in [0.3, 0.4) is 0 Å². The lowest BCUT2D eigenvalue weighted by atomic mass is 10.1. The first-order chi connectivity index (χ1) is 9.52. The van der Waals surface area contributed by atoms with Gasteiger partial charge in [0.05, 0.1) is 5.56 Å². The molecule has 20 heavy (non-hydrogen) atoms. The van der Waals surface area contributed by atoms with Crippen molar-refractivity contribution in [2.75, 3.05) is 0 Å². The topological polar surface area (TPSA) is 43.4 Å². The molecule has 2 rings (SSSR count). The van der Waals surface area contributed by atoms with Crippen LogP contribution in [0, 0.1) is 13.8 Å². The molecule has 0 amide bonds. The molecule has 0 aliphatic carbocycles. The summed E-state index contributed by atoms with van der Waals surface area (Å²) < 4.78 is 6.14. The van der Waals surface area contributed by atoms with Crippen LogP contribution in [0.5, 0.6) is 5.75 Å². The summed E-state index contributed by atoms with van der Waals surface area (Å²) in [5, 5.41) is 0. The Morgan fingerprint density at radius 1 is 1.15 bits per heavy atom. The molecule has 0 radical (unpaired) electrons. The minimum atomic E-state index is -0.428. The number of aryl methyl sites for hydroxylation is 2. The van der Waals surface area contributed by atoms with Crippen molar-refractivity contribution in [2.45, 2.75) is 13.8 Å². The van der Waals surface area contributed by atoms with E-state index in [1.807, 2.05) is 19.9 Å². The fourth-order valence-corrected chi connectivity index (χ4v) is 2.43. The van der Waals surface area contributed by atoms with Crippen LogP contribution in [-0.2, 0) is 0 Å². The summed E-state index contributed by atoms with van der Waals surface area (Å²) in [4.78, 5) is 23.0. The lowest BCUT2D eigenvalue weighted by Crippen LogP contribution is -2.11. The number of halogens is 1. The van der Waals surface area contributed by atoms with Crippen molar-refractivity contribution in [1.29, 1.82) is 0 Å². The van der Waals surface area contributed by atoms with Gasteiger partial charge in [-0.05, 0) is 65.2 Å². The van der Waals surface area contributed by atoms with Gasteiger partial charge in [-0.15, -0.1) is 0 Å². The summed E-state index contributed by atoms with van der Waals surface area (Å²) in [7, 11) is 0. The first-order valence-corrected chi connectivity index (χ1v) is 6.85. The highest BCUT2D eigenvalue weighted by Gasteiger charge is 2.15. The number of hydrogen-bond donors (Lipinski definition) is 0. The third kappa shape index (κ3) is 2.96. The van der Waals surface area contributed by atoms with Gasteiger partial charge in [0.25, 0.3) is 0 Å². The highest BCUT2D eigenvalue weighted by atomic mass is 79.9. The van der Waals surface area contributed by atoms with Gasteiger partial charge in [0.15, 0.2) is 0 Å². The molecule has 0 saturated heterocycles. The molecular weight excluding hydrogens is 320 g/mol. The van der Waals surface area contributed by atoms with Crippen LogP contribution in [0.15, 0.2) is 40.9 Å². The second-order valence-electron chi connectivity index (χ2n) is 4.47. The Labute approximate surface area is 125 Å².